The van der Waals surface area contributed by atoms with Gasteiger partial charge in [-0.3, -0.25) is 0 Å². The predicted octanol–water partition coefficient (Wildman–Crippen LogP) is 6.63. The summed E-state index contributed by atoms with van der Waals surface area (Å²) in [4.78, 5) is 0. The molecule has 0 spiro atoms. The standard InChI is InChI=1S/C26H34O4/c1-14-16(3)22-18(9-11-25(5,6)29-22)13-20(14)28-24-19-10-12-26(7,8)30-23(19)17(4)15(2)21(24)27/h13,27H,9-12H2,1-8H3. The fourth-order valence-corrected chi connectivity index (χ4v) is 4.45. The maximum atomic E-state index is 11.0. The molecular formula is C26H34O4. The van der Waals surface area contributed by atoms with Gasteiger partial charge in [0, 0.05) is 11.1 Å². The van der Waals surface area contributed by atoms with Crippen LogP contribution in [0.25, 0.3) is 0 Å². The van der Waals surface area contributed by atoms with E-state index in [0.29, 0.717) is 5.75 Å². The van der Waals surface area contributed by atoms with Crippen LogP contribution in [0, 0.1) is 27.7 Å². The lowest BCUT2D eigenvalue weighted by molar-refractivity contribution is 0.0819. The minimum atomic E-state index is -0.221. The van der Waals surface area contributed by atoms with E-state index in [4.69, 9.17) is 14.2 Å². The van der Waals surface area contributed by atoms with Crippen LogP contribution in [0.3, 0.4) is 0 Å². The lowest BCUT2D eigenvalue weighted by atomic mass is 9.90. The number of phenolic OH excluding ortho intramolecular Hbond substituents is 1. The van der Waals surface area contributed by atoms with Gasteiger partial charge in [0.2, 0.25) is 0 Å². The van der Waals surface area contributed by atoms with E-state index in [-0.39, 0.29) is 17.0 Å². The van der Waals surface area contributed by atoms with E-state index in [1.54, 1.807) is 0 Å². The first-order valence-corrected chi connectivity index (χ1v) is 10.9. The van der Waals surface area contributed by atoms with Crippen molar-refractivity contribution in [3.63, 3.8) is 0 Å². The van der Waals surface area contributed by atoms with E-state index in [0.717, 1.165) is 70.7 Å². The van der Waals surface area contributed by atoms with Gasteiger partial charge in [-0.1, -0.05) is 0 Å². The van der Waals surface area contributed by atoms with Gasteiger partial charge in [0.25, 0.3) is 0 Å². The molecule has 0 aliphatic carbocycles. The number of fused-ring (bicyclic) bond motifs is 2. The molecule has 1 N–H and O–H groups in total. The quantitative estimate of drug-likeness (QED) is 0.604. The zero-order chi connectivity index (χ0) is 22.0. The van der Waals surface area contributed by atoms with Crippen molar-refractivity contribution < 1.29 is 19.3 Å². The third kappa shape index (κ3) is 3.40. The molecule has 0 saturated heterocycles. The minimum Gasteiger partial charge on any atom is -0.504 e. The summed E-state index contributed by atoms with van der Waals surface area (Å²) in [6.45, 7) is 16.6. The van der Waals surface area contributed by atoms with E-state index in [9.17, 15) is 5.11 Å². The number of hydrogen-bond donors (Lipinski definition) is 1. The molecule has 2 aromatic carbocycles. The summed E-state index contributed by atoms with van der Waals surface area (Å²) < 4.78 is 19.1. The van der Waals surface area contributed by atoms with Crippen molar-refractivity contribution in [1.29, 1.82) is 0 Å². The Morgan fingerprint density at radius 1 is 0.800 bits per heavy atom. The number of rotatable bonds is 2. The zero-order valence-electron chi connectivity index (χ0n) is 19.6. The van der Waals surface area contributed by atoms with Crippen LogP contribution in [0.2, 0.25) is 0 Å². The van der Waals surface area contributed by atoms with Gasteiger partial charge in [0.15, 0.2) is 11.5 Å². The zero-order valence-corrected chi connectivity index (χ0v) is 19.6. The molecule has 0 bridgehead atoms. The van der Waals surface area contributed by atoms with E-state index < -0.39 is 0 Å². The second kappa shape index (κ2) is 6.83. The number of aromatic hydroxyl groups is 1. The first kappa shape index (κ1) is 20.9. The summed E-state index contributed by atoms with van der Waals surface area (Å²) in [5, 5.41) is 11.0. The van der Waals surface area contributed by atoms with Crippen LogP contribution < -0.4 is 14.2 Å². The highest BCUT2D eigenvalue weighted by Gasteiger charge is 2.34. The van der Waals surface area contributed by atoms with Crippen molar-refractivity contribution >= 4 is 0 Å². The van der Waals surface area contributed by atoms with Gasteiger partial charge in [-0.05, 0) is 109 Å². The number of aryl methyl sites for hydroxylation is 1. The maximum Gasteiger partial charge on any atom is 0.176 e. The van der Waals surface area contributed by atoms with Crippen LogP contribution in [-0.2, 0) is 12.8 Å². The first-order valence-electron chi connectivity index (χ1n) is 10.9. The fourth-order valence-electron chi connectivity index (χ4n) is 4.45. The fraction of sp³-hybridized carbons (Fsp3) is 0.538. The molecule has 0 atom stereocenters. The topological polar surface area (TPSA) is 47.9 Å². The maximum absolute atomic E-state index is 11.0. The Balaban J connectivity index is 1.81. The number of benzene rings is 2. The van der Waals surface area contributed by atoms with Crippen molar-refractivity contribution in [2.24, 2.45) is 0 Å². The molecule has 4 rings (SSSR count). The van der Waals surface area contributed by atoms with Gasteiger partial charge in [-0.25, -0.2) is 0 Å². The van der Waals surface area contributed by atoms with Crippen LogP contribution in [0.5, 0.6) is 28.7 Å². The van der Waals surface area contributed by atoms with Gasteiger partial charge < -0.3 is 19.3 Å². The highest BCUT2D eigenvalue weighted by atomic mass is 16.5. The largest absolute Gasteiger partial charge is 0.504 e. The predicted molar refractivity (Wildman–Crippen MR) is 120 cm³/mol. The van der Waals surface area contributed by atoms with E-state index in [2.05, 4.69) is 47.6 Å². The molecule has 30 heavy (non-hydrogen) atoms. The number of hydrogen-bond acceptors (Lipinski definition) is 4. The van der Waals surface area contributed by atoms with Gasteiger partial charge >= 0.3 is 0 Å². The summed E-state index contributed by atoms with van der Waals surface area (Å²) in [5.74, 6) is 3.35. The molecule has 2 aliphatic rings. The van der Waals surface area contributed by atoms with Crippen molar-refractivity contribution in [1.82, 2.24) is 0 Å². The second-order valence-electron chi connectivity index (χ2n) is 10.2. The Hall–Kier alpha value is -2.36. The van der Waals surface area contributed by atoms with Crippen LogP contribution in [0.15, 0.2) is 6.07 Å². The highest BCUT2D eigenvalue weighted by Crippen LogP contribution is 2.50. The Morgan fingerprint density at radius 3 is 2.03 bits per heavy atom. The molecule has 0 aromatic heterocycles. The van der Waals surface area contributed by atoms with Crippen molar-refractivity contribution in [3.8, 4) is 28.7 Å². The third-order valence-electron chi connectivity index (χ3n) is 6.83. The van der Waals surface area contributed by atoms with Gasteiger partial charge in [0.05, 0.1) is 0 Å². The molecular weight excluding hydrogens is 376 g/mol. The first-order chi connectivity index (χ1) is 13.9. The molecule has 4 nitrogen and oxygen atoms in total. The highest BCUT2D eigenvalue weighted by molar-refractivity contribution is 5.64. The SMILES string of the molecule is Cc1c(Oc2c(O)c(C)c(C)c3c2CCC(C)(C)O3)cc2c(c1C)OC(C)(C)CC2. The lowest BCUT2D eigenvalue weighted by Gasteiger charge is -2.36. The monoisotopic (exact) mass is 410 g/mol. The summed E-state index contributed by atoms with van der Waals surface area (Å²) in [5.41, 5.74) is 5.68. The van der Waals surface area contributed by atoms with Crippen molar-refractivity contribution in [3.05, 3.63) is 39.4 Å². The van der Waals surface area contributed by atoms with Crippen LogP contribution in [-0.4, -0.2) is 16.3 Å². The average Bonchev–Trinajstić information content (AvgIpc) is 2.67. The molecule has 2 aliphatic heterocycles. The van der Waals surface area contributed by atoms with Crippen LogP contribution in [0.1, 0.15) is 73.9 Å². The van der Waals surface area contributed by atoms with E-state index >= 15 is 0 Å². The Morgan fingerprint density at radius 2 is 1.37 bits per heavy atom. The molecule has 0 unspecified atom stereocenters. The van der Waals surface area contributed by atoms with Gasteiger partial charge in [0.1, 0.15) is 28.5 Å². The van der Waals surface area contributed by atoms with Crippen LogP contribution >= 0.6 is 0 Å². The molecule has 2 heterocycles. The Labute approximate surface area is 180 Å². The van der Waals surface area contributed by atoms with Crippen molar-refractivity contribution in [2.45, 2.75) is 92.3 Å². The third-order valence-corrected chi connectivity index (χ3v) is 6.83. The summed E-state index contributed by atoms with van der Waals surface area (Å²) >= 11 is 0. The minimum absolute atomic E-state index is 0.151. The van der Waals surface area contributed by atoms with Gasteiger partial charge in [-0.15, -0.1) is 0 Å². The van der Waals surface area contributed by atoms with E-state index in [1.807, 2.05) is 13.8 Å². The lowest BCUT2D eigenvalue weighted by Crippen LogP contribution is -2.33. The Kier molecular flexibility index (Phi) is 4.76. The van der Waals surface area contributed by atoms with E-state index in [1.165, 1.54) is 5.56 Å². The molecule has 162 valence electrons. The summed E-state index contributed by atoms with van der Waals surface area (Å²) in [6.07, 6.45) is 3.61. The van der Waals surface area contributed by atoms with Gasteiger partial charge in [-0.2, -0.15) is 0 Å². The normalized spacial score (nSPS) is 18.7. The Bertz CT molecular complexity index is 1030. The summed E-state index contributed by atoms with van der Waals surface area (Å²) in [7, 11) is 0. The van der Waals surface area contributed by atoms with Crippen molar-refractivity contribution in [2.75, 3.05) is 0 Å². The summed E-state index contributed by atoms with van der Waals surface area (Å²) in [6, 6.07) is 2.08. The number of phenols is 1. The number of ether oxygens (including phenoxy) is 3. The molecule has 4 heteroatoms. The molecule has 0 fully saturated rings. The van der Waals surface area contributed by atoms with Crippen LogP contribution in [0.4, 0.5) is 0 Å². The smallest absolute Gasteiger partial charge is 0.176 e. The second-order valence-corrected chi connectivity index (χ2v) is 10.2. The average molecular weight is 411 g/mol. The molecule has 0 amide bonds. The molecule has 0 saturated carbocycles. The molecule has 0 radical (unpaired) electrons. The molecule has 2 aromatic rings.